The van der Waals surface area contributed by atoms with Gasteiger partial charge in [0.25, 0.3) is 0 Å². The molecular formula is C24H31N3O3S. The molecule has 166 valence electrons. The number of thioether (sulfide) groups is 1. The van der Waals surface area contributed by atoms with E-state index in [9.17, 15) is 9.59 Å². The fourth-order valence-corrected chi connectivity index (χ4v) is 5.18. The predicted molar refractivity (Wildman–Crippen MR) is 122 cm³/mol. The molecule has 6 nitrogen and oxygen atoms in total. The third-order valence-corrected chi connectivity index (χ3v) is 7.17. The lowest BCUT2D eigenvalue weighted by molar-refractivity contribution is -0.130. The number of hydrogen-bond acceptors (Lipinski definition) is 5. The smallest absolute Gasteiger partial charge is 0.232 e. The summed E-state index contributed by atoms with van der Waals surface area (Å²) in [5, 5.41) is 3.23. The third-order valence-electron chi connectivity index (χ3n) is 6.22. The molecule has 1 aliphatic carbocycles. The number of piperidine rings is 1. The highest BCUT2D eigenvalue weighted by Crippen LogP contribution is 2.25. The molecule has 1 N–H and O–H groups in total. The van der Waals surface area contributed by atoms with Gasteiger partial charge in [-0.25, -0.2) is 4.98 Å². The molecule has 2 amide bonds. The van der Waals surface area contributed by atoms with E-state index in [1.54, 1.807) is 18.0 Å². The van der Waals surface area contributed by atoms with Gasteiger partial charge < -0.3 is 14.6 Å². The number of benzene rings is 1. The molecule has 1 aromatic carbocycles. The molecule has 1 saturated heterocycles. The normalized spacial score (nSPS) is 18.1. The molecule has 4 rings (SSSR count). The van der Waals surface area contributed by atoms with Crippen LogP contribution in [0.3, 0.4) is 0 Å². The maximum Gasteiger partial charge on any atom is 0.232 e. The van der Waals surface area contributed by atoms with E-state index in [1.807, 2.05) is 35.2 Å². The van der Waals surface area contributed by atoms with Gasteiger partial charge in [-0.2, -0.15) is 0 Å². The Labute approximate surface area is 188 Å². The third kappa shape index (κ3) is 6.12. The van der Waals surface area contributed by atoms with Crippen molar-refractivity contribution in [2.24, 2.45) is 5.92 Å². The van der Waals surface area contributed by atoms with Gasteiger partial charge in [-0.15, -0.1) is 11.8 Å². The minimum Gasteiger partial charge on any atom is -0.444 e. The van der Waals surface area contributed by atoms with E-state index in [-0.39, 0.29) is 23.8 Å². The molecule has 0 atom stereocenters. The summed E-state index contributed by atoms with van der Waals surface area (Å²) in [6, 6.07) is 10.0. The van der Waals surface area contributed by atoms with Crippen LogP contribution in [-0.2, 0) is 15.3 Å². The quantitative estimate of drug-likeness (QED) is 0.695. The number of rotatable bonds is 7. The molecule has 2 aliphatic rings. The summed E-state index contributed by atoms with van der Waals surface area (Å²) in [4.78, 5) is 31.4. The standard InChI is InChI=1S/C24H31N3O3S/c28-22(17-31-16-21-15-30-24(26-21)19-9-5-2-6-10-19)27-13-11-20(12-14-27)25-23(29)18-7-3-1-4-8-18/h2,5-6,9-10,15,18,20H,1,3-4,7-8,11-14,16-17H2,(H,25,29). The molecule has 2 fully saturated rings. The molecule has 31 heavy (non-hydrogen) atoms. The van der Waals surface area contributed by atoms with Crippen LogP contribution in [0.25, 0.3) is 11.5 Å². The van der Waals surface area contributed by atoms with Gasteiger partial charge in [0.05, 0.1) is 11.4 Å². The number of carbonyl (C=O) groups is 2. The van der Waals surface area contributed by atoms with E-state index in [4.69, 9.17) is 4.42 Å². The van der Waals surface area contributed by atoms with Gasteiger partial charge in [0.2, 0.25) is 17.7 Å². The van der Waals surface area contributed by atoms with Crippen molar-refractivity contribution < 1.29 is 14.0 Å². The first kappa shape index (κ1) is 21.9. The Bertz CT molecular complexity index is 856. The van der Waals surface area contributed by atoms with Crippen molar-refractivity contribution in [2.45, 2.75) is 56.7 Å². The zero-order chi connectivity index (χ0) is 21.5. The number of oxazole rings is 1. The summed E-state index contributed by atoms with van der Waals surface area (Å²) in [6.45, 7) is 1.44. The molecule has 2 heterocycles. The number of amides is 2. The predicted octanol–water partition coefficient (Wildman–Crippen LogP) is 4.26. The average molecular weight is 442 g/mol. The number of likely N-dealkylation sites (tertiary alicyclic amines) is 1. The summed E-state index contributed by atoms with van der Waals surface area (Å²) >= 11 is 1.56. The topological polar surface area (TPSA) is 75.4 Å². The molecule has 1 aliphatic heterocycles. The molecule has 1 saturated carbocycles. The Morgan fingerprint density at radius 1 is 1.06 bits per heavy atom. The van der Waals surface area contributed by atoms with Crippen molar-refractivity contribution in [3.63, 3.8) is 0 Å². The second-order valence-electron chi connectivity index (χ2n) is 8.50. The van der Waals surface area contributed by atoms with Crippen LogP contribution in [-0.4, -0.2) is 46.6 Å². The highest BCUT2D eigenvalue weighted by atomic mass is 32.2. The maximum atomic E-state index is 12.6. The molecule has 0 radical (unpaired) electrons. The van der Waals surface area contributed by atoms with Crippen molar-refractivity contribution in [1.82, 2.24) is 15.2 Å². The molecule has 0 unspecified atom stereocenters. The second-order valence-corrected chi connectivity index (χ2v) is 9.49. The lowest BCUT2D eigenvalue weighted by atomic mass is 9.88. The highest BCUT2D eigenvalue weighted by Gasteiger charge is 2.27. The maximum absolute atomic E-state index is 12.6. The van der Waals surface area contributed by atoms with E-state index in [1.165, 1.54) is 19.3 Å². The largest absolute Gasteiger partial charge is 0.444 e. The van der Waals surface area contributed by atoms with Crippen LogP contribution >= 0.6 is 11.8 Å². The van der Waals surface area contributed by atoms with Crippen LogP contribution < -0.4 is 5.32 Å². The Balaban J connectivity index is 1.15. The lowest BCUT2D eigenvalue weighted by Crippen LogP contribution is -2.48. The number of hydrogen-bond donors (Lipinski definition) is 1. The molecule has 2 aromatic rings. The summed E-state index contributed by atoms with van der Waals surface area (Å²) < 4.78 is 5.56. The fraction of sp³-hybridized carbons (Fsp3) is 0.542. The number of nitrogens with one attached hydrogen (secondary N) is 1. The molecule has 0 spiro atoms. The Morgan fingerprint density at radius 3 is 2.55 bits per heavy atom. The van der Waals surface area contributed by atoms with E-state index in [2.05, 4.69) is 10.3 Å². The van der Waals surface area contributed by atoms with Gasteiger partial charge in [0.1, 0.15) is 6.26 Å². The van der Waals surface area contributed by atoms with Crippen LogP contribution in [0.1, 0.15) is 50.6 Å². The molecule has 1 aromatic heterocycles. The zero-order valence-corrected chi connectivity index (χ0v) is 18.7. The first-order chi connectivity index (χ1) is 15.2. The van der Waals surface area contributed by atoms with Crippen molar-refractivity contribution >= 4 is 23.6 Å². The first-order valence-corrected chi connectivity index (χ1v) is 12.5. The van der Waals surface area contributed by atoms with Gasteiger partial charge in [0.15, 0.2) is 0 Å². The van der Waals surface area contributed by atoms with Crippen molar-refractivity contribution in [3.05, 3.63) is 42.3 Å². The van der Waals surface area contributed by atoms with Gasteiger partial charge in [-0.1, -0.05) is 37.5 Å². The van der Waals surface area contributed by atoms with E-state index in [0.29, 0.717) is 17.4 Å². The summed E-state index contributed by atoms with van der Waals surface area (Å²) in [6.07, 6.45) is 9.01. The zero-order valence-electron chi connectivity index (χ0n) is 17.9. The van der Waals surface area contributed by atoms with Gasteiger partial charge in [-0.05, 0) is 37.8 Å². The molecular weight excluding hydrogens is 410 g/mol. The van der Waals surface area contributed by atoms with Gasteiger partial charge >= 0.3 is 0 Å². The van der Waals surface area contributed by atoms with Gasteiger partial charge in [-0.3, -0.25) is 9.59 Å². The lowest BCUT2D eigenvalue weighted by Gasteiger charge is -2.33. The number of aromatic nitrogens is 1. The van der Waals surface area contributed by atoms with Crippen LogP contribution in [0.5, 0.6) is 0 Å². The van der Waals surface area contributed by atoms with Crippen LogP contribution in [0.4, 0.5) is 0 Å². The SMILES string of the molecule is O=C(NC1CCN(C(=O)CSCc2coc(-c3ccccc3)n2)CC1)C1CCCCC1. The molecule has 0 bridgehead atoms. The summed E-state index contributed by atoms with van der Waals surface area (Å²) in [5.74, 6) is 2.28. The fourth-order valence-electron chi connectivity index (χ4n) is 4.38. The number of nitrogens with zero attached hydrogens (tertiary/aromatic N) is 2. The summed E-state index contributed by atoms with van der Waals surface area (Å²) in [5.41, 5.74) is 1.80. The Hall–Kier alpha value is -2.28. The Kier molecular flexibility index (Phi) is 7.67. The Morgan fingerprint density at radius 2 is 1.81 bits per heavy atom. The highest BCUT2D eigenvalue weighted by molar-refractivity contribution is 7.99. The van der Waals surface area contributed by atoms with E-state index < -0.39 is 0 Å². The van der Waals surface area contributed by atoms with Crippen molar-refractivity contribution in [3.8, 4) is 11.5 Å². The second kappa shape index (κ2) is 10.8. The monoisotopic (exact) mass is 441 g/mol. The van der Waals surface area contributed by atoms with E-state index >= 15 is 0 Å². The van der Waals surface area contributed by atoms with Crippen molar-refractivity contribution in [1.29, 1.82) is 0 Å². The van der Waals surface area contributed by atoms with Crippen LogP contribution in [0.15, 0.2) is 41.0 Å². The summed E-state index contributed by atoms with van der Waals surface area (Å²) in [7, 11) is 0. The van der Waals surface area contributed by atoms with Crippen molar-refractivity contribution in [2.75, 3.05) is 18.8 Å². The minimum absolute atomic E-state index is 0.161. The number of carbonyl (C=O) groups excluding carboxylic acids is 2. The van der Waals surface area contributed by atoms with E-state index in [0.717, 1.165) is 50.0 Å². The van der Waals surface area contributed by atoms with Gasteiger partial charge in [0, 0.05) is 36.4 Å². The minimum atomic E-state index is 0.161. The van der Waals surface area contributed by atoms with Crippen LogP contribution in [0.2, 0.25) is 0 Å². The van der Waals surface area contributed by atoms with Crippen LogP contribution in [0, 0.1) is 5.92 Å². The first-order valence-electron chi connectivity index (χ1n) is 11.3. The average Bonchev–Trinajstić information content (AvgIpc) is 3.29. The molecule has 7 heteroatoms.